The molecule has 114 valence electrons. The predicted octanol–water partition coefficient (Wildman–Crippen LogP) is 3.01. The summed E-state index contributed by atoms with van der Waals surface area (Å²) in [7, 11) is 0. The summed E-state index contributed by atoms with van der Waals surface area (Å²) in [6, 6.07) is 6.83. The molecule has 2 N–H and O–H groups in total. The molecule has 1 fully saturated rings. The van der Waals surface area contributed by atoms with E-state index in [2.05, 4.69) is 21.7 Å². The maximum Gasteiger partial charge on any atom is 0.165 e. The number of phenols is 1. The molecule has 6 heteroatoms. The van der Waals surface area contributed by atoms with Crippen LogP contribution in [0.5, 0.6) is 5.75 Å². The molecule has 0 bridgehead atoms. The molecular formula is C15H18ClFN2OS. The van der Waals surface area contributed by atoms with Gasteiger partial charge >= 0.3 is 0 Å². The predicted molar refractivity (Wildman–Crippen MR) is 85.9 cm³/mol. The zero-order valence-corrected chi connectivity index (χ0v) is 13.1. The zero-order chi connectivity index (χ0) is 13.9. The quantitative estimate of drug-likeness (QED) is 0.909. The van der Waals surface area contributed by atoms with Gasteiger partial charge in [-0.2, -0.15) is 11.3 Å². The fourth-order valence-electron chi connectivity index (χ4n) is 2.68. The van der Waals surface area contributed by atoms with Crippen LogP contribution >= 0.6 is 23.7 Å². The fourth-order valence-corrected chi connectivity index (χ4v) is 3.36. The molecule has 1 aromatic heterocycles. The Morgan fingerprint density at radius 3 is 2.57 bits per heavy atom. The first-order valence-corrected chi connectivity index (χ1v) is 7.65. The van der Waals surface area contributed by atoms with Gasteiger partial charge in [0.05, 0.1) is 6.04 Å². The first-order valence-electron chi connectivity index (χ1n) is 6.71. The van der Waals surface area contributed by atoms with E-state index < -0.39 is 5.82 Å². The van der Waals surface area contributed by atoms with Gasteiger partial charge in [-0.3, -0.25) is 4.90 Å². The Labute approximate surface area is 133 Å². The first-order chi connectivity index (χ1) is 9.75. The van der Waals surface area contributed by atoms with E-state index in [9.17, 15) is 9.50 Å². The van der Waals surface area contributed by atoms with Crippen molar-refractivity contribution in [2.24, 2.45) is 0 Å². The van der Waals surface area contributed by atoms with E-state index in [0.29, 0.717) is 0 Å². The van der Waals surface area contributed by atoms with Gasteiger partial charge in [-0.15, -0.1) is 12.4 Å². The third-order valence-electron chi connectivity index (χ3n) is 3.66. The second kappa shape index (κ2) is 7.22. The van der Waals surface area contributed by atoms with Crippen LogP contribution in [-0.4, -0.2) is 36.2 Å². The van der Waals surface area contributed by atoms with E-state index >= 15 is 0 Å². The summed E-state index contributed by atoms with van der Waals surface area (Å²) in [5.74, 6) is -0.851. The van der Waals surface area contributed by atoms with Gasteiger partial charge < -0.3 is 10.4 Å². The van der Waals surface area contributed by atoms with Crippen molar-refractivity contribution in [2.45, 2.75) is 6.04 Å². The molecule has 0 aliphatic carbocycles. The van der Waals surface area contributed by atoms with Crippen molar-refractivity contribution in [1.29, 1.82) is 0 Å². The van der Waals surface area contributed by atoms with E-state index in [1.54, 1.807) is 11.3 Å². The average molecular weight is 329 g/mol. The smallest absolute Gasteiger partial charge is 0.165 e. The summed E-state index contributed by atoms with van der Waals surface area (Å²) in [5, 5.41) is 16.9. The van der Waals surface area contributed by atoms with Gasteiger partial charge in [0.1, 0.15) is 0 Å². The minimum absolute atomic E-state index is 0. The number of nitrogens with one attached hydrogen (secondary N) is 1. The molecule has 0 unspecified atom stereocenters. The highest BCUT2D eigenvalue weighted by Gasteiger charge is 2.24. The van der Waals surface area contributed by atoms with E-state index in [4.69, 9.17) is 0 Å². The van der Waals surface area contributed by atoms with Crippen LogP contribution in [0.2, 0.25) is 0 Å². The number of nitrogens with zero attached hydrogens (tertiary/aromatic N) is 1. The largest absolute Gasteiger partial charge is 0.505 e. The van der Waals surface area contributed by atoms with Crippen LogP contribution < -0.4 is 5.32 Å². The average Bonchev–Trinajstić information content (AvgIpc) is 2.98. The Bertz CT molecular complexity index is 573. The van der Waals surface area contributed by atoms with Crippen molar-refractivity contribution in [3.63, 3.8) is 0 Å². The molecule has 1 aliphatic heterocycles. The Hall–Kier alpha value is -1.14. The number of hydrogen-bond donors (Lipinski definition) is 2. The number of benzene rings is 1. The summed E-state index contributed by atoms with van der Waals surface area (Å²) in [6.45, 7) is 3.76. The maximum absolute atomic E-state index is 13.7. The van der Waals surface area contributed by atoms with Crippen molar-refractivity contribution >= 4 is 23.7 Å². The summed E-state index contributed by atoms with van der Waals surface area (Å²) in [5.41, 5.74) is 2.07. The van der Waals surface area contributed by atoms with Gasteiger partial charge in [0.2, 0.25) is 0 Å². The molecule has 0 radical (unpaired) electrons. The van der Waals surface area contributed by atoms with Crippen molar-refractivity contribution < 1.29 is 9.50 Å². The summed E-state index contributed by atoms with van der Waals surface area (Å²) in [4.78, 5) is 2.35. The molecule has 2 aromatic rings. The number of aromatic hydroxyl groups is 1. The van der Waals surface area contributed by atoms with Crippen LogP contribution in [0.3, 0.4) is 0 Å². The van der Waals surface area contributed by atoms with E-state index in [1.807, 2.05) is 11.4 Å². The molecule has 1 aliphatic rings. The lowest BCUT2D eigenvalue weighted by molar-refractivity contribution is 0.198. The summed E-state index contributed by atoms with van der Waals surface area (Å²) < 4.78 is 13.7. The van der Waals surface area contributed by atoms with Crippen molar-refractivity contribution in [2.75, 3.05) is 26.2 Å². The summed E-state index contributed by atoms with van der Waals surface area (Å²) in [6.07, 6.45) is 0. The number of piperazine rings is 1. The monoisotopic (exact) mass is 328 g/mol. The molecule has 2 heterocycles. The van der Waals surface area contributed by atoms with Gasteiger partial charge in [0.25, 0.3) is 0 Å². The SMILES string of the molecule is Cl.Oc1ccc([C@H](c2ccsc2)N2CCNCC2)cc1F. The molecule has 3 rings (SSSR count). The van der Waals surface area contributed by atoms with Gasteiger partial charge in [0, 0.05) is 26.2 Å². The maximum atomic E-state index is 13.7. The molecule has 1 saturated heterocycles. The highest BCUT2D eigenvalue weighted by molar-refractivity contribution is 7.08. The molecule has 1 aromatic carbocycles. The van der Waals surface area contributed by atoms with E-state index in [0.717, 1.165) is 31.7 Å². The Morgan fingerprint density at radius 2 is 1.95 bits per heavy atom. The number of thiophene rings is 1. The van der Waals surface area contributed by atoms with Crippen molar-refractivity contribution in [3.05, 3.63) is 52.0 Å². The minimum Gasteiger partial charge on any atom is -0.505 e. The lowest BCUT2D eigenvalue weighted by Crippen LogP contribution is -2.45. The highest BCUT2D eigenvalue weighted by Crippen LogP contribution is 2.32. The van der Waals surface area contributed by atoms with Crippen molar-refractivity contribution in [1.82, 2.24) is 10.2 Å². The first kappa shape index (κ1) is 16.2. The minimum atomic E-state index is -0.558. The molecule has 0 spiro atoms. The normalized spacial score (nSPS) is 17.2. The number of halogens is 2. The highest BCUT2D eigenvalue weighted by atomic mass is 35.5. The molecular weight excluding hydrogens is 311 g/mol. The molecule has 21 heavy (non-hydrogen) atoms. The lowest BCUT2D eigenvalue weighted by atomic mass is 9.98. The zero-order valence-electron chi connectivity index (χ0n) is 11.5. The molecule has 0 amide bonds. The van der Waals surface area contributed by atoms with Crippen LogP contribution in [0.4, 0.5) is 4.39 Å². The van der Waals surface area contributed by atoms with Gasteiger partial charge in [-0.25, -0.2) is 4.39 Å². The van der Waals surface area contributed by atoms with Gasteiger partial charge in [0.15, 0.2) is 11.6 Å². The van der Waals surface area contributed by atoms with Crippen LogP contribution in [0, 0.1) is 5.82 Å². The van der Waals surface area contributed by atoms with E-state index in [-0.39, 0.29) is 24.2 Å². The Balaban J connectivity index is 0.00000161. The molecule has 3 nitrogen and oxygen atoms in total. The second-order valence-electron chi connectivity index (χ2n) is 4.96. The van der Waals surface area contributed by atoms with Crippen LogP contribution in [0.15, 0.2) is 35.0 Å². The van der Waals surface area contributed by atoms with Gasteiger partial charge in [-0.05, 0) is 40.1 Å². The van der Waals surface area contributed by atoms with Crippen LogP contribution in [-0.2, 0) is 0 Å². The standard InChI is InChI=1S/C15H17FN2OS.ClH/c16-13-9-11(1-2-14(13)19)15(12-3-8-20-10-12)18-6-4-17-5-7-18;/h1-3,8-10,15,17,19H,4-7H2;1H/t15-;/m1./s1. The lowest BCUT2D eigenvalue weighted by Gasteiger charge is -2.35. The van der Waals surface area contributed by atoms with E-state index in [1.165, 1.54) is 17.7 Å². The van der Waals surface area contributed by atoms with Crippen molar-refractivity contribution in [3.8, 4) is 5.75 Å². The van der Waals surface area contributed by atoms with Crippen LogP contribution in [0.25, 0.3) is 0 Å². The van der Waals surface area contributed by atoms with Crippen LogP contribution in [0.1, 0.15) is 17.2 Å². The summed E-state index contributed by atoms with van der Waals surface area (Å²) >= 11 is 1.65. The number of hydrogen-bond acceptors (Lipinski definition) is 4. The van der Waals surface area contributed by atoms with Gasteiger partial charge in [-0.1, -0.05) is 6.07 Å². The Morgan fingerprint density at radius 1 is 1.19 bits per heavy atom. The molecule has 0 saturated carbocycles. The third-order valence-corrected chi connectivity index (χ3v) is 4.36. The Kier molecular flexibility index (Phi) is 5.58. The second-order valence-corrected chi connectivity index (χ2v) is 5.74. The number of phenolic OH excluding ortho intramolecular Hbond substituents is 1. The third kappa shape index (κ3) is 3.55. The molecule has 1 atom stereocenters. The number of rotatable bonds is 3. The topological polar surface area (TPSA) is 35.5 Å². The fraction of sp³-hybridized carbons (Fsp3) is 0.333.